The number of urea groups is 1. The van der Waals surface area contributed by atoms with Gasteiger partial charge in [-0.1, -0.05) is 18.1 Å². The Hall–Kier alpha value is -2.92. The zero-order chi connectivity index (χ0) is 18.6. The van der Waals surface area contributed by atoms with Crippen molar-refractivity contribution >= 4 is 11.7 Å². The molecule has 2 aliphatic rings. The largest absolute Gasteiger partial charge is 0.376 e. The van der Waals surface area contributed by atoms with Crippen molar-refractivity contribution in [3.63, 3.8) is 0 Å². The summed E-state index contributed by atoms with van der Waals surface area (Å²) < 4.78 is 7.47. The molecule has 27 heavy (non-hydrogen) atoms. The third-order valence-electron chi connectivity index (χ3n) is 4.81. The quantitative estimate of drug-likeness (QED) is 0.793. The maximum Gasteiger partial charge on any atom is 0.322 e. The van der Waals surface area contributed by atoms with Crippen LogP contribution in [0.5, 0.6) is 0 Å². The van der Waals surface area contributed by atoms with Gasteiger partial charge in [-0.15, -0.1) is 11.5 Å². The molecular formula is C19H22N6O2. The van der Waals surface area contributed by atoms with Crippen LogP contribution in [0.15, 0.2) is 24.3 Å². The number of nitrogens with zero attached hydrogens (tertiary/aromatic N) is 5. The Bertz CT molecular complexity index is 848. The molecule has 1 aromatic heterocycles. The standard InChI is InChI=1S/C19H22N6O2/c1-2-11-24(13-15-6-5-12-27-15)19(26)20-17-8-4-3-7-16(17)18-21-22-23-25(18)14-9-10-14/h1,3-4,7-8,14-15H,5-6,9-13H2,(H,20,26)/t15-/m0/s1. The first kappa shape index (κ1) is 17.5. The highest BCUT2D eigenvalue weighted by atomic mass is 16.5. The molecule has 2 amide bonds. The van der Waals surface area contributed by atoms with Crippen molar-refractivity contribution in [2.45, 2.75) is 37.8 Å². The number of hydrogen-bond donors (Lipinski definition) is 1. The highest BCUT2D eigenvalue weighted by Gasteiger charge is 2.29. The molecule has 0 unspecified atom stereocenters. The molecule has 1 aliphatic heterocycles. The van der Waals surface area contributed by atoms with Crippen LogP contribution < -0.4 is 5.32 Å². The number of amides is 2. The first-order chi connectivity index (χ1) is 13.3. The number of rotatable bonds is 6. The monoisotopic (exact) mass is 366 g/mol. The summed E-state index contributed by atoms with van der Waals surface area (Å²) in [7, 11) is 0. The molecule has 0 spiro atoms. The number of ether oxygens (including phenoxy) is 1. The number of carbonyl (C=O) groups excluding carboxylic acids is 1. The van der Waals surface area contributed by atoms with Gasteiger partial charge in [0, 0.05) is 18.7 Å². The number of para-hydroxylation sites is 1. The predicted molar refractivity (Wildman–Crippen MR) is 99.9 cm³/mol. The van der Waals surface area contributed by atoms with Crippen molar-refractivity contribution in [1.82, 2.24) is 25.1 Å². The normalized spacial score (nSPS) is 18.9. The van der Waals surface area contributed by atoms with Crippen molar-refractivity contribution in [1.29, 1.82) is 0 Å². The fourth-order valence-corrected chi connectivity index (χ4v) is 3.28. The Labute approximate surface area is 157 Å². The van der Waals surface area contributed by atoms with E-state index in [4.69, 9.17) is 11.2 Å². The van der Waals surface area contributed by atoms with Gasteiger partial charge in [0.15, 0.2) is 5.82 Å². The minimum absolute atomic E-state index is 0.0431. The van der Waals surface area contributed by atoms with Gasteiger partial charge in [-0.05, 0) is 48.2 Å². The summed E-state index contributed by atoms with van der Waals surface area (Å²) >= 11 is 0. The lowest BCUT2D eigenvalue weighted by molar-refractivity contribution is 0.0868. The molecule has 2 heterocycles. The van der Waals surface area contributed by atoms with Crippen molar-refractivity contribution in [3.05, 3.63) is 24.3 Å². The van der Waals surface area contributed by atoms with Crippen LogP contribution >= 0.6 is 0 Å². The number of anilines is 1. The number of hydrogen-bond acceptors (Lipinski definition) is 5. The summed E-state index contributed by atoms with van der Waals surface area (Å²) in [4.78, 5) is 14.5. The molecule has 0 radical (unpaired) electrons. The van der Waals surface area contributed by atoms with Gasteiger partial charge in [-0.25, -0.2) is 9.48 Å². The number of terminal acetylenes is 1. The Kier molecular flexibility index (Phi) is 5.03. The molecule has 2 aromatic rings. The second-order valence-electron chi connectivity index (χ2n) is 6.87. The second kappa shape index (κ2) is 7.76. The van der Waals surface area contributed by atoms with E-state index >= 15 is 0 Å². The Morgan fingerprint density at radius 2 is 2.22 bits per heavy atom. The van der Waals surface area contributed by atoms with E-state index in [1.165, 1.54) is 0 Å². The van der Waals surface area contributed by atoms with E-state index < -0.39 is 0 Å². The molecular weight excluding hydrogens is 344 g/mol. The lowest BCUT2D eigenvalue weighted by Crippen LogP contribution is -2.40. The minimum Gasteiger partial charge on any atom is -0.376 e. The molecule has 0 bridgehead atoms. The Balaban J connectivity index is 1.53. The van der Waals surface area contributed by atoms with Crippen LogP contribution in [-0.4, -0.2) is 56.9 Å². The molecule has 2 fully saturated rings. The lowest BCUT2D eigenvalue weighted by atomic mass is 10.1. The second-order valence-corrected chi connectivity index (χ2v) is 6.87. The molecule has 1 aliphatic carbocycles. The molecule has 8 heteroatoms. The van der Waals surface area contributed by atoms with Crippen molar-refractivity contribution in [2.24, 2.45) is 0 Å². The summed E-state index contributed by atoms with van der Waals surface area (Å²) in [6.07, 6.45) is 9.61. The molecule has 1 N–H and O–H groups in total. The van der Waals surface area contributed by atoms with Crippen molar-refractivity contribution in [3.8, 4) is 23.7 Å². The summed E-state index contributed by atoms with van der Waals surface area (Å²) in [6.45, 7) is 1.45. The van der Waals surface area contributed by atoms with Gasteiger partial charge in [-0.3, -0.25) is 0 Å². The predicted octanol–water partition coefficient (Wildman–Crippen LogP) is 2.32. The SMILES string of the molecule is C#CCN(C[C@@H]1CCCO1)C(=O)Nc1ccccc1-c1nnnn1C1CC1. The highest BCUT2D eigenvalue weighted by molar-refractivity contribution is 5.93. The summed E-state index contributed by atoms with van der Waals surface area (Å²) in [6, 6.07) is 7.63. The third-order valence-corrected chi connectivity index (χ3v) is 4.81. The average Bonchev–Trinajstić information content (AvgIpc) is 3.18. The van der Waals surface area contributed by atoms with Crippen LogP contribution in [-0.2, 0) is 4.74 Å². The number of carbonyl (C=O) groups is 1. The zero-order valence-corrected chi connectivity index (χ0v) is 15.0. The summed E-state index contributed by atoms with van der Waals surface area (Å²) in [5.74, 6) is 3.22. The van der Waals surface area contributed by atoms with Gasteiger partial charge in [-0.2, -0.15) is 0 Å². The molecule has 4 rings (SSSR count). The van der Waals surface area contributed by atoms with E-state index in [1.807, 2.05) is 28.9 Å². The zero-order valence-electron chi connectivity index (χ0n) is 15.0. The van der Waals surface area contributed by atoms with Gasteiger partial charge >= 0.3 is 6.03 Å². The lowest BCUT2D eigenvalue weighted by Gasteiger charge is -2.24. The molecule has 140 valence electrons. The maximum absolute atomic E-state index is 12.8. The van der Waals surface area contributed by atoms with Gasteiger partial charge in [0.2, 0.25) is 0 Å². The smallest absolute Gasteiger partial charge is 0.322 e. The van der Waals surface area contributed by atoms with Crippen LogP contribution in [0.3, 0.4) is 0 Å². The van der Waals surface area contributed by atoms with Gasteiger partial charge in [0.25, 0.3) is 0 Å². The van der Waals surface area contributed by atoms with E-state index in [0.29, 0.717) is 24.1 Å². The molecule has 8 nitrogen and oxygen atoms in total. The number of aromatic nitrogens is 4. The minimum atomic E-state index is -0.249. The van der Waals surface area contributed by atoms with Crippen molar-refractivity contribution < 1.29 is 9.53 Å². The third kappa shape index (κ3) is 3.93. The topological polar surface area (TPSA) is 85.2 Å². The number of tetrazole rings is 1. The molecule has 1 atom stereocenters. The van der Waals surface area contributed by atoms with Crippen LogP contribution in [0.4, 0.5) is 10.5 Å². The number of benzene rings is 1. The van der Waals surface area contributed by atoms with E-state index in [9.17, 15) is 4.79 Å². The van der Waals surface area contributed by atoms with Crippen molar-refractivity contribution in [2.75, 3.05) is 25.0 Å². The van der Waals surface area contributed by atoms with E-state index in [0.717, 1.165) is 37.9 Å². The van der Waals surface area contributed by atoms with E-state index in [2.05, 4.69) is 26.8 Å². The fourth-order valence-electron chi connectivity index (χ4n) is 3.28. The van der Waals surface area contributed by atoms with Crippen LogP contribution in [0.1, 0.15) is 31.7 Å². The Morgan fingerprint density at radius 1 is 1.37 bits per heavy atom. The van der Waals surface area contributed by atoms with Crippen LogP contribution in [0.2, 0.25) is 0 Å². The average molecular weight is 366 g/mol. The maximum atomic E-state index is 12.8. The Morgan fingerprint density at radius 3 is 2.96 bits per heavy atom. The number of nitrogens with one attached hydrogen (secondary N) is 1. The van der Waals surface area contributed by atoms with Gasteiger partial charge < -0.3 is 15.0 Å². The molecule has 1 saturated heterocycles. The van der Waals surface area contributed by atoms with Crippen LogP contribution in [0, 0.1) is 12.3 Å². The fraction of sp³-hybridized carbons (Fsp3) is 0.474. The van der Waals surface area contributed by atoms with E-state index in [-0.39, 0.29) is 18.7 Å². The first-order valence-electron chi connectivity index (χ1n) is 9.24. The molecule has 1 aromatic carbocycles. The van der Waals surface area contributed by atoms with Gasteiger partial charge in [0.05, 0.1) is 24.4 Å². The highest BCUT2D eigenvalue weighted by Crippen LogP contribution is 2.38. The van der Waals surface area contributed by atoms with Gasteiger partial charge in [0.1, 0.15) is 0 Å². The van der Waals surface area contributed by atoms with Crippen LogP contribution in [0.25, 0.3) is 11.4 Å². The summed E-state index contributed by atoms with van der Waals surface area (Å²) in [5, 5.41) is 15.0. The first-order valence-corrected chi connectivity index (χ1v) is 9.24. The molecule has 1 saturated carbocycles. The van der Waals surface area contributed by atoms with E-state index in [1.54, 1.807) is 4.90 Å². The summed E-state index contributed by atoms with van der Waals surface area (Å²) in [5.41, 5.74) is 1.45.